The molecule has 0 amide bonds. The van der Waals surface area contributed by atoms with Crippen molar-refractivity contribution in [1.82, 2.24) is 9.21 Å². The SMILES string of the molecule is O=C(O)[C@@H]1CCCN(CCN([C@]2(C(=O)O)C[C@H]2c2ccccc2)S(=O)(=O)c2ccccc2-c2ccc(Cl)cc2)C1. The van der Waals surface area contributed by atoms with Crippen molar-refractivity contribution >= 4 is 33.6 Å². The zero-order valence-electron chi connectivity index (χ0n) is 21.8. The number of carboxylic acids is 2. The van der Waals surface area contributed by atoms with Gasteiger partial charge >= 0.3 is 11.9 Å². The van der Waals surface area contributed by atoms with Gasteiger partial charge in [-0.2, -0.15) is 4.31 Å². The Labute approximate surface area is 238 Å². The summed E-state index contributed by atoms with van der Waals surface area (Å²) in [5.74, 6) is -3.12. The van der Waals surface area contributed by atoms with Gasteiger partial charge in [-0.3, -0.25) is 9.59 Å². The molecular weight excluding hydrogens is 552 g/mol. The summed E-state index contributed by atoms with van der Waals surface area (Å²) in [5, 5.41) is 20.6. The maximum Gasteiger partial charge on any atom is 0.325 e. The van der Waals surface area contributed by atoms with E-state index in [4.69, 9.17) is 11.6 Å². The van der Waals surface area contributed by atoms with Gasteiger partial charge in [-0.25, -0.2) is 8.42 Å². The normalized spacial score (nSPS) is 23.1. The minimum absolute atomic E-state index is 0.0127. The summed E-state index contributed by atoms with van der Waals surface area (Å²) in [6.07, 6.45) is 1.39. The average Bonchev–Trinajstić information content (AvgIpc) is 3.71. The van der Waals surface area contributed by atoms with Gasteiger partial charge in [0.1, 0.15) is 5.54 Å². The highest BCUT2D eigenvalue weighted by Gasteiger charge is 2.68. The molecule has 3 aromatic carbocycles. The quantitative estimate of drug-likeness (QED) is 0.353. The number of halogens is 1. The lowest BCUT2D eigenvalue weighted by atomic mass is 9.98. The Morgan fingerprint density at radius 3 is 2.33 bits per heavy atom. The summed E-state index contributed by atoms with van der Waals surface area (Å²) in [5.41, 5.74) is 0.198. The maximum absolute atomic E-state index is 14.5. The third kappa shape index (κ3) is 5.39. The van der Waals surface area contributed by atoms with Crippen molar-refractivity contribution in [2.24, 2.45) is 5.92 Å². The fourth-order valence-corrected chi connectivity index (χ4v) is 7.96. The second kappa shape index (κ2) is 11.3. The van der Waals surface area contributed by atoms with Gasteiger partial charge < -0.3 is 15.1 Å². The van der Waals surface area contributed by atoms with Crippen LogP contribution < -0.4 is 0 Å². The molecule has 0 bridgehead atoms. The van der Waals surface area contributed by atoms with E-state index in [2.05, 4.69) is 0 Å². The van der Waals surface area contributed by atoms with Crippen LogP contribution in [0.2, 0.25) is 5.02 Å². The van der Waals surface area contributed by atoms with Crippen LogP contribution >= 0.6 is 11.6 Å². The Morgan fingerprint density at radius 2 is 1.65 bits per heavy atom. The highest BCUT2D eigenvalue weighted by Crippen LogP contribution is 2.57. The van der Waals surface area contributed by atoms with Crippen LogP contribution in [0.5, 0.6) is 0 Å². The van der Waals surface area contributed by atoms with Gasteiger partial charge in [-0.05, 0) is 55.1 Å². The number of hydrogen-bond acceptors (Lipinski definition) is 5. The predicted molar refractivity (Wildman–Crippen MR) is 152 cm³/mol. The number of aliphatic carboxylic acids is 2. The van der Waals surface area contributed by atoms with Crippen molar-refractivity contribution in [3.8, 4) is 11.1 Å². The molecule has 1 aliphatic carbocycles. The molecule has 8 nitrogen and oxygen atoms in total. The van der Waals surface area contributed by atoms with Gasteiger partial charge in [0.25, 0.3) is 0 Å². The molecule has 3 atom stereocenters. The van der Waals surface area contributed by atoms with E-state index in [0.717, 1.165) is 9.87 Å². The topological polar surface area (TPSA) is 115 Å². The van der Waals surface area contributed by atoms with E-state index < -0.39 is 39.3 Å². The Bertz CT molecular complexity index is 1500. The van der Waals surface area contributed by atoms with Crippen LogP contribution in [-0.4, -0.2) is 71.5 Å². The minimum Gasteiger partial charge on any atom is -0.481 e. The third-order valence-corrected chi connectivity index (χ3v) is 10.3. The van der Waals surface area contributed by atoms with E-state index in [1.807, 2.05) is 35.2 Å². The molecule has 2 aliphatic rings. The molecule has 1 saturated carbocycles. The molecule has 40 heavy (non-hydrogen) atoms. The van der Waals surface area contributed by atoms with E-state index in [1.54, 1.807) is 42.5 Å². The molecule has 2 N–H and O–H groups in total. The van der Waals surface area contributed by atoms with Gasteiger partial charge in [0.2, 0.25) is 10.0 Å². The Morgan fingerprint density at radius 1 is 0.975 bits per heavy atom. The van der Waals surface area contributed by atoms with Gasteiger partial charge in [-0.15, -0.1) is 0 Å². The molecule has 5 rings (SSSR count). The highest BCUT2D eigenvalue weighted by atomic mass is 35.5. The highest BCUT2D eigenvalue weighted by molar-refractivity contribution is 7.89. The largest absolute Gasteiger partial charge is 0.481 e. The molecule has 0 unspecified atom stereocenters. The first-order valence-corrected chi connectivity index (χ1v) is 15.1. The molecule has 1 heterocycles. The van der Waals surface area contributed by atoms with Crippen LogP contribution in [-0.2, 0) is 19.6 Å². The number of sulfonamides is 1. The molecule has 210 valence electrons. The summed E-state index contributed by atoms with van der Waals surface area (Å²) in [4.78, 5) is 26.5. The van der Waals surface area contributed by atoms with Crippen molar-refractivity contribution in [2.45, 2.75) is 35.6 Å². The Balaban J connectivity index is 1.56. The Kier molecular flexibility index (Phi) is 8.01. The van der Waals surface area contributed by atoms with Crippen LogP contribution in [0.1, 0.15) is 30.7 Å². The number of carbonyl (C=O) groups is 2. The van der Waals surface area contributed by atoms with Gasteiger partial charge in [-0.1, -0.05) is 72.3 Å². The van der Waals surface area contributed by atoms with E-state index >= 15 is 0 Å². The van der Waals surface area contributed by atoms with Crippen molar-refractivity contribution < 1.29 is 28.2 Å². The first kappa shape index (κ1) is 28.3. The number of likely N-dealkylation sites (tertiary alicyclic amines) is 1. The zero-order chi connectivity index (χ0) is 28.5. The summed E-state index contributed by atoms with van der Waals surface area (Å²) in [6.45, 7) is 1.07. The standard InChI is InChI=1S/C30H31ClN2O6S/c31-24-14-12-21(13-15-24)25-10-4-5-11-27(25)40(38,39)33(18-17-32-16-6-9-23(20-32)28(34)35)30(29(36)37)19-26(30)22-7-2-1-3-8-22/h1-5,7-8,10-15,23,26H,6,9,16-20H2,(H,34,35)(H,36,37)/t23-,26+,30-/m1/s1. The second-order valence-corrected chi connectivity index (χ2v) is 12.7. The van der Waals surface area contributed by atoms with Crippen molar-refractivity contribution in [3.63, 3.8) is 0 Å². The van der Waals surface area contributed by atoms with E-state index in [-0.39, 0.29) is 24.4 Å². The average molecular weight is 583 g/mol. The number of piperidine rings is 1. The zero-order valence-corrected chi connectivity index (χ0v) is 23.4. The third-order valence-electron chi connectivity index (χ3n) is 8.03. The summed E-state index contributed by atoms with van der Waals surface area (Å²) in [7, 11) is -4.33. The molecule has 1 saturated heterocycles. The molecule has 10 heteroatoms. The minimum atomic E-state index is -4.33. The first-order valence-electron chi connectivity index (χ1n) is 13.3. The number of nitrogens with zero attached hydrogens (tertiary/aromatic N) is 2. The van der Waals surface area contributed by atoms with E-state index in [1.165, 1.54) is 6.07 Å². The molecule has 3 aromatic rings. The van der Waals surface area contributed by atoms with Crippen molar-refractivity contribution in [2.75, 3.05) is 26.2 Å². The number of carboxylic acid groups (broad SMARTS) is 2. The smallest absolute Gasteiger partial charge is 0.325 e. The summed E-state index contributed by atoms with van der Waals surface area (Å²) >= 11 is 6.07. The fourth-order valence-electron chi connectivity index (χ4n) is 5.85. The Hall–Kier alpha value is -3.24. The number of benzene rings is 3. The summed E-state index contributed by atoms with van der Waals surface area (Å²) in [6, 6.07) is 22.5. The molecule has 0 aromatic heterocycles. The van der Waals surface area contributed by atoms with Gasteiger partial charge in [0.05, 0.1) is 10.8 Å². The molecule has 2 fully saturated rings. The predicted octanol–water partition coefficient (Wildman–Crippen LogP) is 4.81. The molecular formula is C30H31ClN2O6S. The van der Waals surface area contributed by atoms with Crippen LogP contribution in [0.25, 0.3) is 11.1 Å². The monoisotopic (exact) mass is 582 g/mol. The van der Waals surface area contributed by atoms with Crippen molar-refractivity contribution in [1.29, 1.82) is 0 Å². The van der Waals surface area contributed by atoms with Crippen LogP contribution in [0.3, 0.4) is 0 Å². The van der Waals surface area contributed by atoms with Gasteiger partial charge in [0.15, 0.2) is 0 Å². The lowest BCUT2D eigenvalue weighted by Gasteiger charge is -2.35. The first-order chi connectivity index (χ1) is 19.1. The number of hydrogen-bond donors (Lipinski definition) is 2. The lowest BCUT2D eigenvalue weighted by molar-refractivity contribution is -0.143. The van der Waals surface area contributed by atoms with Crippen LogP contribution in [0, 0.1) is 5.92 Å². The summed E-state index contributed by atoms with van der Waals surface area (Å²) < 4.78 is 30.2. The van der Waals surface area contributed by atoms with E-state index in [0.29, 0.717) is 42.1 Å². The molecule has 0 spiro atoms. The molecule has 1 aliphatic heterocycles. The van der Waals surface area contributed by atoms with Gasteiger partial charge in [0, 0.05) is 36.1 Å². The van der Waals surface area contributed by atoms with Crippen LogP contribution in [0.15, 0.2) is 83.8 Å². The fraction of sp³-hybridized carbons (Fsp3) is 0.333. The van der Waals surface area contributed by atoms with Crippen LogP contribution in [0.4, 0.5) is 0 Å². The lowest BCUT2D eigenvalue weighted by Crippen LogP contribution is -2.52. The van der Waals surface area contributed by atoms with E-state index in [9.17, 15) is 28.2 Å². The van der Waals surface area contributed by atoms with Crippen molar-refractivity contribution in [3.05, 3.63) is 89.4 Å². The molecule has 0 radical (unpaired) electrons. The number of rotatable bonds is 10. The maximum atomic E-state index is 14.5. The second-order valence-electron chi connectivity index (χ2n) is 10.5.